The summed E-state index contributed by atoms with van der Waals surface area (Å²) >= 11 is 5.90. The highest BCUT2D eigenvalue weighted by Gasteiger charge is 2.23. The number of nitrogens with one attached hydrogen (secondary N) is 1. The zero-order valence-corrected chi connectivity index (χ0v) is 10.2. The Morgan fingerprint density at radius 2 is 2.11 bits per heavy atom. The molecule has 1 amide bonds. The number of aliphatic carboxylic acids is 1. The Balaban J connectivity index is 2.91. The quantitative estimate of drug-likeness (QED) is 0.697. The van der Waals surface area contributed by atoms with E-state index in [0.29, 0.717) is 5.56 Å². The minimum atomic E-state index is -1.19. The van der Waals surface area contributed by atoms with Crippen molar-refractivity contribution >= 4 is 23.5 Å². The number of hydrogen-bond donors (Lipinski definition) is 3. The molecule has 1 aromatic rings. The van der Waals surface area contributed by atoms with Gasteiger partial charge >= 0.3 is 5.97 Å². The maximum atomic E-state index is 11.4. The van der Waals surface area contributed by atoms with E-state index in [1.165, 1.54) is 12.2 Å². The molecule has 0 saturated carbocycles. The fourth-order valence-electron chi connectivity index (χ4n) is 1.35. The number of nitrogens with two attached hydrogens (primary N) is 1. The zero-order valence-electron chi connectivity index (χ0n) is 9.47. The fraction of sp³-hybridized carbons (Fsp3) is 0.167. The first-order valence-corrected chi connectivity index (χ1v) is 5.58. The van der Waals surface area contributed by atoms with E-state index in [1.807, 2.05) is 0 Å². The van der Waals surface area contributed by atoms with Crippen LogP contribution >= 0.6 is 11.6 Å². The molecule has 0 saturated heterocycles. The van der Waals surface area contributed by atoms with Gasteiger partial charge in [-0.25, -0.2) is 4.79 Å². The van der Waals surface area contributed by atoms with Crippen molar-refractivity contribution in [3.05, 3.63) is 47.0 Å². The SMILES string of the molecule is NC/C=C/C(=O)N[C@@H](C(=O)O)c1ccccc1Cl. The number of halogens is 1. The summed E-state index contributed by atoms with van der Waals surface area (Å²) in [4.78, 5) is 22.6. The van der Waals surface area contributed by atoms with Crippen LogP contribution in [0.4, 0.5) is 0 Å². The number of amides is 1. The molecule has 4 N–H and O–H groups in total. The first kappa shape index (κ1) is 14.2. The molecule has 0 spiro atoms. The van der Waals surface area contributed by atoms with Crippen molar-refractivity contribution in [3.63, 3.8) is 0 Å². The topological polar surface area (TPSA) is 92.4 Å². The van der Waals surface area contributed by atoms with Crippen LogP contribution in [0, 0.1) is 0 Å². The van der Waals surface area contributed by atoms with Crippen molar-refractivity contribution < 1.29 is 14.7 Å². The lowest BCUT2D eigenvalue weighted by Gasteiger charge is -2.14. The van der Waals surface area contributed by atoms with E-state index >= 15 is 0 Å². The van der Waals surface area contributed by atoms with Crippen molar-refractivity contribution in [1.29, 1.82) is 0 Å². The summed E-state index contributed by atoms with van der Waals surface area (Å²) in [5, 5.41) is 11.7. The van der Waals surface area contributed by atoms with Crippen molar-refractivity contribution in [2.75, 3.05) is 6.54 Å². The lowest BCUT2D eigenvalue weighted by atomic mass is 10.1. The Morgan fingerprint density at radius 3 is 2.67 bits per heavy atom. The molecular weight excluding hydrogens is 256 g/mol. The number of carbonyl (C=O) groups is 2. The van der Waals surface area contributed by atoms with Gasteiger partial charge in [0.25, 0.3) is 0 Å². The molecule has 1 rings (SSSR count). The van der Waals surface area contributed by atoms with E-state index in [9.17, 15) is 9.59 Å². The Morgan fingerprint density at radius 1 is 1.44 bits per heavy atom. The normalized spacial score (nSPS) is 12.3. The monoisotopic (exact) mass is 268 g/mol. The molecule has 18 heavy (non-hydrogen) atoms. The molecule has 0 aliphatic rings. The van der Waals surface area contributed by atoms with Crippen LogP contribution in [0.1, 0.15) is 11.6 Å². The fourth-order valence-corrected chi connectivity index (χ4v) is 1.59. The van der Waals surface area contributed by atoms with Gasteiger partial charge < -0.3 is 16.2 Å². The second kappa shape index (κ2) is 6.78. The third-order valence-electron chi connectivity index (χ3n) is 2.16. The van der Waals surface area contributed by atoms with Gasteiger partial charge in [-0.3, -0.25) is 4.79 Å². The molecule has 96 valence electrons. The second-order valence-electron chi connectivity index (χ2n) is 3.44. The highest BCUT2D eigenvalue weighted by molar-refractivity contribution is 6.31. The van der Waals surface area contributed by atoms with Gasteiger partial charge in [-0.15, -0.1) is 0 Å². The van der Waals surface area contributed by atoms with Gasteiger partial charge in [0.05, 0.1) is 0 Å². The van der Waals surface area contributed by atoms with E-state index < -0.39 is 17.9 Å². The van der Waals surface area contributed by atoms with Crippen LogP contribution in [0.3, 0.4) is 0 Å². The molecule has 0 radical (unpaired) electrons. The van der Waals surface area contributed by atoms with Crippen molar-refractivity contribution in [2.45, 2.75) is 6.04 Å². The highest BCUT2D eigenvalue weighted by atomic mass is 35.5. The van der Waals surface area contributed by atoms with Crippen molar-refractivity contribution in [2.24, 2.45) is 5.73 Å². The van der Waals surface area contributed by atoms with Crippen LogP contribution in [0.25, 0.3) is 0 Å². The van der Waals surface area contributed by atoms with E-state index in [-0.39, 0.29) is 11.6 Å². The Bertz CT molecular complexity index is 474. The van der Waals surface area contributed by atoms with E-state index in [2.05, 4.69) is 5.32 Å². The van der Waals surface area contributed by atoms with Gasteiger partial charge in [0.15, 0.2) is 6.04 Å². The van der Waals surface area contributed by atoms with Crippen molar-refractivity contribution in [1.82, 2.24) is 5.32 Å². The van der Waals surface area contributed by atoms with Gasteiger partial charge in [-0.05, 0) is 6.07 Å². The van der Waals surface area contributed by atoms with Gasteiger partial charge in [-0.2, -0.15) is 0 Å². The number of hydrogen-bond acceptors (Lipinski definition) is 3. The molecule has 1 aromatic carbocycles. The maximum absolute atomic E-state index is 11.4. The number of carbonyl (C=O) groups excluding carboxylic acids is 1. The van der Waals surface area contributed by atoms with Crippen LogP contribution in [-0.2, 0) is 9.59 Å². The molecular formula is C12H13ClN2O3. The molecule has 0 aliphatic carbocycles. The molecule has 1 atom stereocenters. The van der Waals surface area contributed by atoms with Gasteiger partial charge in [-0.1, -0.05) is 35.9 Å². The number of carboxylic acids is 1. The molecule has 0 unspecified atom stereocenters. The van der Waals surface area contributed by atoms with E-state index in [0.717, 1.165) is 0 Å². The molecule has 0 bridgehead atoms. The number of carboxylic acid groups (broad SMARTS) is 1. The summed E-state index contributed by atoms with van der Waals surface area (Å²) in [5.74, 6) is -1.72. The minimum absolute atomic E-state index is 0.206. The van der Waals surface area contributed by atoms with Crippen molar-refractivity contribution in [3.8, 4) is 0 Å². The third-order valence-corrected chi connectivity index (χ3v) is 2.50. The van der Waals surface area contributed by atoms with Crippen LogP contribution < -0.4 is 11.1 Å². The predicted octanol–water partition coefficient (Wildman–Crippen LogP) is 1.10. The Hall–Kier alpha value is -1.85. The molecule has 0 aliphatic heterocycles. The van der Waals surface area contributed by atoms with E-state index in [1.54, 1.807) is 24.3 Å². The number of rotatable bonds is 5. The average Bonchev–Trinajstić information content (AvgIpc) is 2.34. The van der Waals surface area contributed by atoms with Crippen LogP contribution in [0.2, 0.25) is 5.02 Å². The highest BCUT2D eigenvalue weighted by Crippen LogP contribution is 2.22. The summed E-state index contributed by atoms with van der Waals surface area (Å²) in [6.07, 6.45) is 2.62. The summed E-state index contributed by atoms with van der Waals surface area (Å²) in [6, 6.07) is 5.26. The lowest BCUT2D eigenvalue weighted by Crippen LogP contribution is -2.32. The van der Waals surface area contributed by atoms with Crippen LogP contribution in [-0.4, -0.2) is 23.5 Å². The largest absolute Gasteiger partial charge is 0.479 e. The van der Waals surface area contributed by atoms with E-state index in [4.69, 9.17) is 22.4 Å². The second-order valence-corrected chi connectivity index (χ2v) is 3.85. The van der Waals surface area contributed by atoms with Crippen LogP contribution in [0.5, 0.6) is 0 Å². The van der Waals surface area contributed by atoms with Crippen LogP contribution in [0.15, 0.2) is 36.4 Å². The Labute approximate surface area is 109 Å². The molecule has 0 fully saturated rings. The van der Waals surface area contributed by atoms with Gasteiger partial charge in [0.1, 0.15) is 0 Å². The summed E-state index contributed by atoms with van der Waals surface area (Å²) in [7, 11) is 0. The summed E-state index contributed by atoms with van der Waals surface area (Å²) in [6.45, 7) is 0.206. The molecule has 0 aromatic heterocycles. The minimum Gasteiger partial charge on any atom is -0.479 e. The first-order chi connectivity index (χ1) is 8.56. The molecule has 6 heteroatoms. The number of benzene rings is 1. The predicted molar refractivity (Wildman–Crippen MR) is 68.2 cm³/mol. The third kappa shape index (κ3) is 3.87. The Kier molecular flexibility index (Phi) is 5.35. The maximum Gasteiger partial charge on any atom is 0.330 e. The lowest BCUT2D eigenvalue weighted by molar-refractivity contribution is -0.141. The van der Waals surface area contributed by atoms with Gasteiger partial charge in [0, 0.05) is 23.2 Å². The van der Waals surface area contributed by atoms with Gasteiger partial charge in [0.2, 0.25) is 5.91 Å². The average molecular weight is 269 g/mol. The summed E-state index contributed by atoms with van der Waals surface area (Å²) < 4.78 is 0. The molecule has 5 nitrogen and oxygen atoms in total. The summed E-state index contributed by atoms with van der Waals surface area (Å²) in [5.41, 5.74) is 5.53. The smallest absolute Gasteiger partial charge is 0.330 e. The zero-order chi connectivity index (χ0) is 13.5. The molecule has 0 heterocycles. The standard InChI is InChI=1S/C12H13ClN2O3/c13-9-5-2-1-4-8(9)11(12(17)18)15-10(16)6-3-7-14/h1-6,11H,7,14H2,(H,15,16)(H,17,18)/b6-3+/t11-/m1/s1. The first-order valence-electron chi connectivity index (χ1n) is 5.20.